The number of hydrogen-bond donors (Lipinski definition) is 1. The first-order chi connectivity index (χ1) is 9.88. The fourth-order valence-corrected chi connectivity index (χ4v) is 1.90. The Bertz CT molecular complexity index is 661. The molecule has 0 unspecified atom stereocenters. The first-order valence-electron chi connectivity index (χ1n) is 6.40. The van der Waals surface area contributed by atoms with Gasteiger partial charge in [-0.25, -0.2) is 0 Å². The third-order valence-electron chi connectivity index (χ3n) is 3.06. The van der Waals surface area contributed by atoms with Crippen LogP contribution in [0.15, 0.2) is 47.6 Å². The maximum atomic E-state index is 12.8. The van der Waals surface area contributed by atoms with Crippen LogP contribution in [-0.2, 0) is 6.18 Å². The number of hydrazone groups is 1. The van der Waals surface area contributed by atoms with Crippen LogP contribution in [0.3, 0.4) is 0 Å². The first-order valence-corrected chi connectivity index (χ1v) is 6.40. The van der Waals surface area contributed by atoms with Crippen molar-refractivity contribution >= 4 is 11.9 Å². The van der Waals surface area contributed by atoms with E-state index in [1.165, 1.54) is 24.4 Å². The van der Waals surface area contributed by atoms with Crippen molar-refractivity contribution in [3.63, 3.8) is 0 Å². The number of benzene rings is 2. The van der Waals surface area contributed by atoms with Crippen molar-refractivity contribution in [2.24, 2.45) is 5.10 Å². The van der Waals surface area contributed by atoms with E-state index in [0.717, 1.165) is 22.8 Å². The molecule has 0 aliphatic heterocycles. The van der Waals surface area contributed by atoms with E-state index in [2.05, 4.69) is 10.5 Å². The number of hydrogen-bond acceptors (Lipinski definition) is 2. The van der Waals surface area contributed by atoms with Crippen LogP contribution >= 0.6 is 0 Å². The molecular weight excluding hydrogens is 277 g/mol. The molecule has 0 aliphatic rings. The third kappa shape index (κ3) is 3.84. The summed E-state index contributed by atoms with van der Waals surface area (Å²) < 4.78 is 38.5. The van der Waals surface area contributed by atoms with Gasteiger partial charge >= 0.3 is 6.18 Å². The highest BCUT2D eigenvalue weighted by molar-refractivity contribution is 5.82. The van der Waals surface area contributed by atoms with E-state index in [-0.39, 0.29) is 5.69 Å². The highest BCUT2D eigenvalue weighted by atomic mass is 19.4. The van der Waals surface area contributed by atoms with Crippen molar-refractivity contribution in [3.8, 4) is 0 Å². The van der Waals surface area contributed by atoms with Crippen molar-refractivity contribution < 1.29 is 13.2 Å². The molecule has 0 saturated carbocycles. The van der Waals surface area contributed by atoms with Gasteiger partial charge in [0.15, 0.2) is 0 Å². The maximum Gasteiger partial charge on any atom is 0.418 e. The number of alkyl halides is 3. The molecule has 2 aromatic carbocycles. The van der Waals surface area contributed by atoms with Crippen molar-refractivity contribution in [2.75, 3.05) is 5.43 Å². The van der Waals surface area contributed by atoms with Gasteiger partial charge in [-0.1, -0.05) is 35.9 Å². The summed E-state index contributed by atoms with van der Waals surface area (Å²) >= 11 is 0. The summed E-state index contributed by atoms with van der Waals surface area (Å²) in [6.07, 6.45) is -2.88. The summed E-state index contributed by atoms with van der Waals surface area (Å²) in [4.78, 5) is 0. The summed E-state index contributed by atoms with van der Waals surface area (Å²) in [6, 6.07) is 11.1. The number of para-hydroxylation sites is 1. The molecule has 0 atom stereocenters. The third-order valence-corrected chi connectivity index (χ3v) is 3.06. The molecule has 0 heterocycles. The Hall–Kier alpha value is -2.30. The monoisotopic (exact) mass is 292 g/mol. The van der Waals surface area contributed by atoms with Gasteiger partial charge in [0.05, 0.1) is 17.5 Å². The molecule has 0 spiro atoms. The Labute approximate surface area is 121 Å². The van der Waals surface area contributed by atoms with Gasteiger partial charge in [0.1, 0.15) is 0 Å². The van der Waals surface area contributed by atoms with E-state index in [9.17, 15) is 13.2 Å². The number of rotatable bonds is 3. The Kier molecular flexibility index (Phi) is 4.31. The largest absolute Gasteiger partial charge is 0.418 e. The first kappa shape index (κ1) is 15.1. The Morgan fingerprint density at radius 2 is 1.76 bits per heavy atom. The molecule has 5 heteroatoms. The minimum atomic E-state index is -4.40. The predicted molar refractivity (Wildman–Crippen MR) is 78.6 cm³/mol. The zero-order chi connectivity index (χ0) is 15.5. The molecule has 0 aromatic heterocycles. The predicted octanol–water partition coefficient (Wildman–Crippen LogP) is 4.77. The minimum Gasteiger partial charge on any atom is -0.278 e. The van der Waals surface area contributed by atoms with Crippen LogP contribution in [0.1, 0.15) is 22.3 Å². The number of halogens is 3. The second-order valence-corrected chi connectivity index (χ2v) is 4.77. The van der Waals surface area contributed by atoms with Crippen LogP contribution in [0, 0.1) is 13.8 Å². The van der Waals surface area contributed by atoms with Crippen molar-refractivity contribution in [1.82, 2.24) is 0 Å². The lowest BCUT2D eigenvalue weighted by atomic mass is 10.1. The molecule has 110 valence electrons. The van der Waals surface area contributed by atoms with Crippen molar-refractivity contribution in [2.45, 2.75) is 20.0 Å². The average Bonchev–Trinajstić information content (AvgIpc) is 2.42. The molecule has 2 aromatic rings. The van der Waals surface area contributed by atoms with Crippen LogP contribution < -0.4 is 5.43 Å². The fraction of sp³-hybridized carbons (Fsp3) is 0.188. The minimum absolute atomic E-state index is 0.0634. The normalized spacial score (nSPS) is 11.9. The van der Waals surface area contributed by atoms with Crippen LogP contribution in [0.25, 0.3) is 0 Å². The summed E-state index contributed by atoms with van der Waals surface area (Å²) in [6.45, 7) is 3.87. The highest BCUT2D eigenvalue weighted by Crippen LogP contribution is 2.34. The molecule has 2 rings (SSSR count). The number of aryl methyl sites for hydroxylation is 2. The van der Waals surface area contributed by atoms with Gasteiger partial charge in [0.2, 0.25) is 0 Å². The van der Waals surface area contributed by atoms with Gasteiger partial charge in [-0.15, -0.1) is 0 Å². The molecule has 21 heavy (non-hydrogen) atoms. The number of nitrogens with one attached hydrogen (secondary N) is 1. The smallest absolute Gasteiger partial charge is 0.278 e. The van der Waals surface area contributed by atoms with Gasteiger partial charge in [-0.3, -0.25) is 5.43 Å². The summed E-state index contributed by atoms with van der Waals surface area (Å²) in [5, 5.41) is 3.91. The number of nitrogens with zero attached hydrogens (tertiary/aromatic N) is 1. The van der Waals surface area contributed by atoms with Crippen molar-refractivity contribution in [3.05, 3.63) is 64.7 Å². The van der Waals surface area contributed by atoms with Crippen LogP contribution in [0.2, 0.25) is 0 Å². The van der Waals surface area contributed by atoms with Crippen LogP contribution in [0.5, 0.6) is 0 Å². The van der Waals surface area contributed by atoms with Gasteiger partial charge in [-0.05, 0) is 37.1 Å². The average molecular weight is 292 g/mol. The molecule has 1 N–H and O–H groups in total. The van der Waals surface area contributed by atoms with Crippen LogP contribution in [0.4, 0.5) is 18.9 Å². The summed E-state index contributed by atoms with van der Waals surface area (Å²) in [5.41, 5.74) is 4.61. The zero-order valence-electron chi connectivity index (χ0n) is 11.7. The molecule has 0 fully saturated rings. The zero-order valence-corrected chi connectivity index (χ0v) is 11.7. The fourth-order valence-electron chi connectivity index (χ4n) is 1.90. The molecular formula is C16H15F3N2. The summed E-state index contributed by atoms with van der Waals surface area (Å²) in [5.74, 6) is 0. The van der Waals surface area contributed by atoms with E-state index in [0.29, 0.717) is 0 Å². The van der Waals surface area contributed by atoms with E-state index >= 15 is 0 Å². The molecule has 0 saturated heterocycles. The van der Waals surface area contributed by atoms with Gasteiger partial charge in [0, 0.05) is 0 Å². The summed E-state index contributed by atoms with van der Waals surface area (Å²) in [7, 11) is 0. The molecule has 0 amide bonds. The Morgan fingerprint density at radius 1 is 1.05 bits per heavy atom. The van der Waals surface area contributed by atoms with E-state index in [1.807, 2.05) is 32.0 Å². The van der Waals surface area contributed by atoms with Crippen molar-refractivity contribution in [1.29, 1.82) is 0 Å². The van der Waals surface area contributed by atoms with E-state index in [1.54, 1.807) is 0 Å². The molecule has 0 bridgehead atoms. The molecule has 0 aliphatic carbocycles. The lowest BCUT2D eigenvalue weighted by Gasteiger charge is -2.11. The second-order valence-electron chi connectivity index (χ2n) is 4.77. The topological polar surface area (TPSA) is 24.4 Å². The van der Waals surface area contributed by atoms with Gasteiger partial charge in [0.25, 0.3) is 0 Å². The quantitative estimate of drug-likeness (QED) is 0.639. The lowest BCUT2D eigenvalue weighted by molar-refractivity contribution is -0.136. The SMILES string of the molecule is Cc1ccc(C)c(/C=N\Nc2ccccc2C(F)(F)F)c1. The Balaban J connectivity index is 2.21. The standard InChI is InChI=1S/C16H15F3N2/c1-11-7-8-12(2)13(9-11)10-20-21-15-6-4-3-5-14(15)16(17,18)19/h3-10,21H,1-2H3/b20-10-. The van der Waals surface area contributed by atoms with Crippen LogP contribution in [-0.4, -0.2) is 6.21 Å². The lowest BCUT2D eigenvalue weighted by Crippen LogP contribution is -2.08. The van der Waals surface area contributed by atoms with E-state index < -0.39 is 11.7 Å². The van der Waals surface area contributed by atoms with Gasteiger partial charge in [-0.2, -0.15) is 18.3 Å². The highest BCUT2D eigenvalue weighted by Gasteiger charge is 2.33. The maximum absolute atomic E-state index is 12.8. The Morgan fingerprint density at radius 3 is 2.48 bits per heavy atom. The molecule has 0 radical (unpaired) electrons. The molecule has 2 nitrogen and oxygen atoms in total. The second kappa shape index (κ2) is 5.99. The van der Waals surface area contributed by atoms with Gasteiger partial charge < -0.3 is 0 Å². The number of anilines is 1. The van der Waals surface area contributed by atoms with E-state index in [4.69, 9.17) is 0 Å².